The highest BCUT2D eigenvalue weighted by atomic mass is 32.2. The molecule has 0 radical (unpaired) electrons. The molecule has 1 N–H and O–H groups in total. The van der Waals surface area contributed by atoms with Gasteiger partial charge in [0.05, 0.1) is 12.2 Å². The maximum Gasteiger partial charge on any atom is 0.338 e. The van der Waals surface area contributed by atoms with Gasteiger partial charge in [0.1, 0.15) is 11.4 Å². The van der Waals surface area contributed by atoms with Crippen molar-refractivity contribution in [2.45, 2.75) is 18.3 Å². The summed E-state index contributed by atoms with van der Waals surface area (Å²) in [6.07, 6.45) is 0. The molecule has 2 aromatic carbocycles. The number of rotatable bonds is 4. The molecule has 138 valence electrons. The summed E-state index contributed by atoms with van der Waals surface area (Å²) in [5.74, 6) is -0.170. The smallest absolute Gasteiger partial charge is 0.338 e. The first-order valence-corrected chi connectivity index (χ1v) is 9.76. The number of thioether (sulfide) groups is 1. The van der Waals surface area contributed by atoms with Crippen molar-refractivity contribution in [3.05, 3.63) is 65.2 Å². The first kappa shape index (κ1) is 17.6. The van der Waals surface area contributed by atoms with Crippen LogP contribution in [0.1, 0.15) is 38.6 Å². The second kappa shape index (κ2) is 7.08. The molecule has 1 unspecified atom stereocenters. The fourth-order valence-corrected chi connectivity index (χ4v) is 4.84. The van der Waals surface area contributed by atoms with Crippen LogP contribution in [0.25, 0.3) is 0 Å². The van der Waals surface area contributed by atoms with Crippen molar-refractivity contribution in [3.63, 3.8) is 0 Å². The average molecular weight is 382 g/mol. The van der Waals surface area contributed by atoms with Gasteiger partial charge in [0.15, 0.2) is 0 Å². The predicted molar refractivity (Wildman–Crippen MR) is 103 cm³/mol. The molecule has 4 rings (SSSR count). The molecule has 2 aromatic rings. The Bertz CT molecular complexity index is 912. The van der Waals surface area contributed by atoms with E-state index in [-0.39, 0.29) is 17.2 Å². The van der Waals surface area contributed by atoms with Gasteiger partial charge in [-0.15, -0.1) is 11.8 Å². The number of nitrogens with zero attached hydrogens (tertiary/aromatic N) is 1. The fourth-order valence-electron chi connectivity index (χ4n) is 3.37. The van der Waals surface area contributed by atoms with E-state index < -0.39 is 12.0 Å². The molecule has 2 heterocycles. The molecule has 0 bridgehead atoms. The first-order chi connectivity index (χ1) is 13.1. The molecule has 6 nitrogen and oxygen atoms in total. The largest absolute Gasteiger partial charge is 0.462 e. The molecule has 2 amide bonds. The lowest BCUT2D eigenvalue weighted by molar-refractivity contribution is -0.119. The van der Waals surface area contributed by atoms with Gasteiger partial charge in [0.25, 0.3) is 5.91 Å². The van der Waals surface area contributed by atoms with Crippen LogP contribution >= 0.6 is 11.8 Å². The summed E-state index contributed by atoms with van der Waals surface area (Å²) in [7, 11) is 0. The van der Waals surface area contributed by atoms with Crippen LogP contribution < -0.4 is 5.32 Å². The van der Waals surface area contributed by atoms with Gasteiger partial charge in [-0.25, -0.2) is 4.79 Å². The van der Waals surface area contributed by atoms with E-state index in [9.17, 15) is 14.4 Å². The van der Waals surface area contributed by atoms with Crippen LogP contribution in [0.3, 0.4) is 0 Å². The van der Waals surface area contributed by atoms with Crippen molar-refractivity contribution >= 4 is 35.2 Å². The van der Waals surface area contributed by atoms with Crippen LogP contribution in [0.2, 0.25) is 0 Å². The van der Waals surface area contributed by atoms with Gasteiger partial charge in [-0.05, 0) is 42.8 Å². The molecule has 0 aromatic heterocycles. The summed E-state index contributed by atoms with van der Waals surface area (Å²) in [6, 6.07) is 13.5. The minimum Gasteiger partial charge on any atom is -0.462 e. The lowest BCUT2D eigenvalue weighted by Crippen LogP contribution is -2.42. The van der Waals surface area contributed by atoms with Gasteiger partial charge in [-0.3, -0.25) is 9.59 Å². The summed E-state index contributed by atoms with van der Waals surface area (Å²) in [5.41, 5.74) is 2.65. The number of nitrogens with one attached hydrogen (secondary N) is 1. The van der Waals surface area contributed by atoms with E-state index in [2.05, 4.69) is 5.32 Å². The molecule has 2 aliphatic rings. The van der Waals surface area contributed by atoms with E-state index in [0.717, 1.165) is 5.56 Å². The summed E-state index contributed by atoms with van der Waals surface area (Å²) >= 11 is 1.60. The Labute approximate surface area is 160 Å². The monoisotopic (exact) mass is 382 g/mol. The highest BCUT2D eigenvalue weighted by Gasteiger charge is 2.48. The van der Waals surface area contributed by atoms with Crippen LogP contribution in [0.4, 0.5) is 5.69 Å². The Morgan fingerprint density at radius 3 is 2.67 bits per heavy atom. The summed E-state index contributed by atoms with van der Waals surface area (Å²) in [5, 5.41) is 2.74. The minimum absolute atomic E-state index is 0.0987. The Kier molecular flexibility index (Phi) is 4.61. The van der Waals surface area contributed by atoms with Crippen molar-refractivity contribution in [2.24, 2.45) is 0 Å². The van der Waals surface area contributed by atoms with Crippen LogP contribution in [0, 0.1) is 0 Å². The second-order valence-corrected chi connectivity index (χ2v) is 7.40. The fraction of sp³-hybridized carbons (Fsp3) is 0.250. The number of hydrogen-bond acceptors (Lipinski definition) is 5. The van der Waals surface area contributed by atoms with Crippen LogP contribution in [0.15, 0.2) is 48.5 Å². The standard InChI is InChI=1S/C20H18N2O4S/c1-2-26-20(25)12-7-9-13(10-8-12)21-17(23)16-11-27-19-15-6-4-3-5-14(15)18(24)22(16)19/h3-10,16,19H,2,11H2,1H3,(H,21,23)/t16-,19?/m0/s1. The van der Waals surface area contributed by atoms with Crippen molar-refractivity contribution < 1.29 is 19.1 Å². The van der Waals surface area contributed by atoms with Gasteiger partial charge >= 0.3 is 5.97 Å². The van der Waals surface area contributed by atoms with E-state index in [1.165, 1.54) is 0 Å². The van der Waals surface area contributed by atoms with Crippen molar-refractivity contribution in [1.29, 1.82) is 0 Å². The van der Waals surface area contributed by atoms with E-state index in [0.29, 0.717) is 29.2 Å². The zero-order chi connectivity index (χ0) is 19.0. The molecule has 27 heavy (non-hydrogen) atoms. The summed E-state index contributed by atoms with van der Waals surface area (Å²) in [6.45, 7) is 2.06. The van der Waals surface area contributed by atoms with Gasteiger partial charge in [0, 0.05) is 17.0 Å². The average Bonchev–Trinajstić information content (AvgIpc) is 3.23. The molecule has 7 heteroatoms. The van der Waals surface area contributed by atoms with Gasteiger partial charge < -0.3 is 15.0 Å². The summed E-state index contributed by atoms with van der Waals surface area (Å²) in [4.78, 5) is 38.8. The van der Waals surface area contributed by atoms with Gasteiger partial charge in [0.2, 0.25) is 5.91 Å². The van der Waals surface area contributed by atoms with Crippen LogP contribution in [0.5, 0.6) is 0 Å². The molecule has 2 atom stereocenters. The maximum absolute atomic E-state index is 12.8. The van der Waals surface area contributed by atoms with Crippen LogP contribution in [-0.4, -0.2) is 41.1 Å². The zero-order valence-electron chi connectivity index (χ0n) is 14.7. The quantitative estimate of drug-likeness (QED) is 0.823. The number of esters is 1. The number of hydrogen-bond donors (Lipinski definition) is 1. The molecule has 1 fully saturated rings. The van der Waals surface area contributed by atoms with E-state index in [4.69, 9.17) is 4.74 Å². The number of fused-ring (bicyclic) bond motifs is 3. The van der Waals surface area contributed by atoms with Gasteiger partial charge in [-0.2, -0.15) is 0 Å². The highest BCUT2D eigenvalue weighted by molar-refractivity contribution is 7.99. The molecule has 0 spiro atoms. The van der Waals surface area contributed by atoms with Crippen molar-refractivity contribution in [1.82, 2.24) is 4.90 Å². The number of carbonyl (C=O) groups excluding carboxylic acids is 3. The number of ether oxygens (including phenoxy) is 1. The highest BCUT2D eigenvalue weighted by Crippen LogP contribution is 2.48. The van der Waals surface area contributed by atoms with E-state index in [1.54, 1.807) is 53.9 Å². The molecule has 0 saturated carbocycles. The third kappa shape index (κ3) is 3.08. The topological polar surface area (TPSA) is 75.7 Å². The Morgan fingerprint density at radius 1 is 1.19 bits per heavy atom. The Balaban J connectivity index is 1.47. The number of benzene rings is 2. The number of amides is 2. The third-order valence-corrected chi connectivity index (χ3v) is 5.96. The minimum atomic E-state index is -0.523. The first-order valence-electron chi connectivity index (χ1n) is 8.71. The predicted octanol–water partition coefficient (Wildman–Crippen LogP) is 3.07. The lowest BCUT2D eigenvalue weighted by atomic mass is 10.1. The second-order valence-electron chi connectivity index (χ2n) is 6.29. The Hall–Kier alpha value is -2.80. The van der Waals surface area contributed by atoms with Crippen molar-refractivity contribution in [3.8, 4) is 0 Å². The van der Waals surface area contributed by atoms with Gasteiger partial charge in [-0.1, -0.05) is 18.2 Å². The normalized spacial score (nSPS) is 20.2. The molecule has 0 aliphatic carbocycles. The van der Waals surface area contributed by atoms with E-state index in [1.807, 2.05) is 18.2 Å². The maximum atomic E-state index is 12.8. The number of carbonyl (C=O) groups is 3. The Morgan fingerprint density at radius 2 is 1.93 bits per heavy atom. The number of anilines is 1. The molecule has 1 saturated heterocycles. The third-order valence-electron chi connectivity index (χ3n) is 4.66. The molecule has 2 aliphatic heterocycles. The zero-order valence-corrected chi connectivity index (χ0v) is 15.5. The summed E-state index contributed by atoms with van der Waals surface area (Å²) < 4.78 is 4.95. The van der Waals surface area contributed by atoms with Crippen molar-refractivity contribution in [2.75, 3.05) is 17.7 Å². The lowest BCUT2D eigenvalue weighted by Gasteiger charge is -2.22. The SMILES string of the molecule is CCOC(=O)c1ccc(NC(=O)[C@@H]2CSC3c4ccccc4C(=O)N32)cc1. The van der Waals surface area contributed by atoms with E-state index >= 15 is 0 Å². The van der Waals surface area contributed by atoms with Crippen LogP contribution in [-0.2, 0) is 9.53 Å². The molecular weight excluding hydrogens is 364 g/mol. The molecular formula is C20H18N2O4S.